The van der Waals surface area contributed by atoms with Crippen LogP contribution in [0.15, 0.2) is 18.2 Å². The van der Waals surface area contributed by atoms with E-state index in [0.29, 0.717) is 10.6 Å². The fourth-order valence-electron chi connectivity index (χ4n) is 1.12. The van der Waals surface area contributed by atoms with Crippen molar-refractivity contribution >= 4 is 11.6 Å². The molecule has 0 fully saturated rings. The Kier molecular flexibility index (Phi) is 3.54. The fourth-order valence-corrected chi connectivity index (χ4v) is 1.38. The highest BCUT2D eigenvalue weighted by molar-refractivity contribution is 6.31. The van der Waals surface area contributed by atoms with Gasteiger partial charge in [0.1, 0.15) is 5.82 Å². The predicted molar refractivity (Wildman–Crippen MR) is 50.0 cm³/mol. The fraction of sp³-hybridized carbons (Fsp3) is 0.400. The van der Waals surface area contributed by atoms with Crippen molar-refractivity contribution in [3.63, 3.8) is 0 Å². The Balaban J connectivity index is 2.81. The molecule has 12 heavy (non-hydrogen) atoms. The molecule has 0 bridgehead atoms. The standard InChI is InChI=1S/C10H12ClF/c1-2-3-5-8-9(11)6-4-7-10(8)12/h4,6-7H,2-3,5H2,1H3. The highest BCUT2D eigenvalue weighted by Gasteiger charge is 2.04. The number of hydrogen-bond donors (Lipinski definition) is 0. The summed E-state index contributed by atoms with van der Waals surface area (Å²) in [6.45, 7) is 2.08. The average Bonchev–Trinajstić information content (AvgIpc) is 2.04. The van der Waals surface area contributed by atoms with E-state index >= 15 is 0 Å². The van der Waals surface area contributed by atoms with Crippen molar-refractivity contribution in [2.75, 3.05) is 0 Å². The zero-order valence-corrected chi connectivity index (χ0v) is 7.87. The number of rotatable bonds is 3. The van der Waals surface area contributed by atoms with Crippen LogP contribution >= 0.6 is 11.6 Å². The summed E-state index contributed by atoms with van der Waals surface area (Å²) in [7, 11) is 0. The summed E-state index contributed by atoms with van der Waals surface area (Å²) < 4.78 is 13.1. The molecule has 0 aliphatic carbocycles. The third kappa shape index (κ3) is 2.21. The van der Waals surface area contributed by atoms with Crippen LogP contribution in [0.2, 0.25) is 5.02 Å². The maximum atomic E-state index is 13.1. The molecule has 0 aliphatic rings. The van der Waals surface area contributed by atoms with Crippen LogP contribution in [-0.2, 0) is 6.42 Å². The van der Waals surface area contributed by atoms with E-state index in [1.165, 1.54) is 6.07 Å². The van der Waals surface area contributed by atoms with Gasteiger partial charge in [0.25, 0.3) is 0 Å². The Hall–Kier alpha value is -0.560. The Morgan fingerprint density at radius 2 is 2.17 bits per heavy atom. The van der Waals surface area contributed by atoms with E-state index in [1.807, 2.05) is 0 Å². The third-order valence-corrected chi connectivity index (χ3v) is 2.20. The zero-order valence-electron chi connectivity index (χ0n) is 7.11. The first-order chi connectivity index (χ1) is 5.75. The first-order valence-electron chi connectivity index (χ1n) is 4.18. The smallest absolute Gasteiger partial charge is 0.127 e. The number of halogens is 2. The second kappa shape index (κ2) is 4.46. The van der Waals surface area contributed by atoms with Gasteiger partial charge in [-0.1, -0.05) is 31.0 Å². The summed E-state index contributed by atoms with van der Waals surface area (Å²) in [5.74, 6) is -0.184. The minimum atomic E-state index is -0.184. The van der Waals surface area contributed by atoms with E-state index in [0.717, 1.165) is 19.3 Å². The molecule has 1 aromatic carbocycles. The molecule has 2 heteroatoms. The van der Waals surface area contributed by atoms with Gasteiger partial charge in [-0.25, -0.2) is 4.39 Å². The van der Waals surface area contributed by atoms with Gasteiger partial charge in [-0.15, -0.1) is 0 Å². The molecule has 0 radical (unpaired) electrons. The minimum absolute atomic E-state index is 0.184. The number of hydrogen-bond acceptors (Lipinski definition) is 0. The molecule has 0 unspecified atom stereocenters. The van der Waals surface area contributed by atoms with Crippen LogP contribution < -0.4 is 0 Å². The van der Waals surface area contributed by atoms with Crippen LogP contribution in [0.25, 0.3) is 0 Å². The molecular weight excluding hydrogens is 175 g/mol. The second-order valence-corrected chi connectivity index (χ2v) is 3.21. The van der Waals surface area contributed by atoms with Crippen LogP contribution in [0.4, 0.5) is 4.39 Å². The maximum absolute atomic E-state index is 13.1. The van der Waals surface area contributed by atoms with E-state index in [2.05, 4.69) is 6.92 Å². The van der Waals surface area contributed by atoms with Gasteiger partial charge >= 0.3 is 0 Å². The summed E-state index contributed by atoms with van der Waals surface area (Å²) in [5.41, 5.74) is 0.654. The van der Waals surface area contributed by atoms with E-state index < -0.39 is 0 Å². The lowest BCUT2D eigenvalue weighted by molar-refractivity contribution is 0.603. The topological polar surface area (TPSA) is 0 Å². The maximum Gasteiger partial charge on any atom is 0.127 e. The molecule has 1 aromatic rings. The molecule has 0 spiro atoms. The monoisotopic (exact) mass is 186 g/mol. The first kappa shape index (κ1) is 9.53. The normalized spacial score (nSPS) is 10.2. The summed E-state index contributed by atoms with van der Waals surface area (Å²) in [6.07, 6.45) is 2.79. The largest absolute Gasteiger partial charge is 0.207 e. The minimum Gasteiger partial charge on any atom is -0.207 e. The Morgan fingerprint density at radius 3 is 2.75 bits per heavy atom. The SMILES string of the molecule is CCCCc1c(F)cccc1Cl. The Morgan fingerprint density at radius 1 is 1.42 bits per heavy atom. The summed E-state index contributed by atoms with van der Waals surface area (Å²) >= 11 is 5.83. The molecule has 0 saturated heterocycles. The first-order valence-corrected chi connectivity index (χ1v) is 4.56. The van der Waals surface area contributed by atoms with Crippen LogP contribution in [0.1, 0.15) is 25.3 Å². The van der Waals surface area contributed by atoms with Gasteiger partial charge in [0.05, 0.1) is 0 Å². The summed E-state index contributed by atoms with van der Waals surface area (Å²) in [6, 6.07) is 4.82. The van der Waals surface area contributed by atoms with Crippen LogP contribution in [0, 0.1) is 5.82 Å². The molecule has 0 nitrogen and oxygen atoms in total. The molecule has 1 rings (SSSR count). The van der Waals surface area contributed by atoms with Gasteiger partial charge < -0.3 is 0 Å². The Labute approximate surface area is 77.4 Å². The quantitative estimate of drug-likeness (QED) is 0.673. The lowest BCUT2D eigenvalue weighted by Crippen LogP contribution is -1.91. The van der Waals surface area contributed by atoms with Crippen molar-refractivity contribution in [2.24, 2.45) is 0 Å². The molecular formula is C10H12ClF. The van der Waals surface area contributed by atoms with Gasteiger partial charge in [-0.2, -0.15) is 0 Å². The molecule has 66 valence electrons. The highest BCUT2D eigenvalue weighted by Crippen LogP contribution is 2.20. The van der Waals surface area contributed by atoms with Crippen LogP contribution in [0.5, 0.6) is 0 Å². The average molecular weight is 187 g/mol. The van der Waals surface area contributed by atoms with E-state index in [9.17, 15) is 4.39 Å². The zero-order chi connectivity index (χ0) is 8.97. The molecule has 0 aromatic heterocycles. The number of unbranched alkanes of at least 4 members (excludes halogenated alkanes) is 1. The highest BCUT2D eigenvalue weighted by atomic mass is 35.5. The van der Waals surface area contributed by atoms with E-state index in [4.69, 9.17) is 11.6 Å². The molecule has 0 N–H and O–H groups in total. The van der Waals surface area contributed by atoms with E-state index in [1.54, 1.807) is 12.1 Å². The molecule has 0 aliphatic heterocycles. The second-order valence-electron chi connectivity index (χ2n) is 2.80. The summed E-state index contributed by atoms with van der Waals surface area (Å²) in [4.78, 5) is 0. The molecule has 0 saturated carbocycles. The molecule has 0 atom stereocenters. The van der Waals surface area contributed by atoms with Gasteiger partial charge in [-0.05, 0) is 25.0 Å². The number of benzene rings is 1. The van der Waals surface area contributed by atoms with Crippen molar-refractivity contribution in [1.29, 1.82) is 0 Å². The molecule has 0 heterocycles. The van der Waals surface area contributed by atoms with Gasteiger partial charge in [0.2, 0.25) is 0 Å². The lowest BCUT2D eigenvalue weighted by Gasteiger charge is -2.03. The van der Waals surface area contributed by atoms with Gasteiger partial charge in [0, 0.05) is 10.6 Å². The van der Waals surface area contributed by atoms with Crippen molar-refractivity contribution in [3.05, 3.63) is 34.6 Å². The van der Waals surface area contributed by atoms with Crippen molar-refractivity contribution in [1.82, 2.24) is 0 Å². The van der Waals surface area contributed by atoms with Crippen LogP contribution in [-0.4, -0.2) is 0 Å². The van der Waals surface area contributed by atoms with Crippen LogP contribution in [0.3, 0.4) is 0 Å². The molecule has 0 amide bonds. The summed E-state index contributed by atoms with van der Waals surface area (Å²) in [5, 5.41) is 0.545. The van der Waals surface area contributed by atoms with Gasteiger partial charge in [-0.3, -0.25) is 0 Å². The Bertz CT molecular complexity index is 238. The van der Waals surface area contributed by atoms with Crippen molar-refractivity contribution < 1.29 is 4.39 Å². The predicted octanol–water partition coefficient (Wildman–Crippen LogP) is 3.82. The van der Waals surface area contributed by atoms with Crippen molar-refractivity contribution in [3.8, 4) is 0 Å². The van der Waals surface area contributed by atoms with E-state index in [-0.39, 0.29) is 5.82 Å². The van der Waals surface area contributed by atoms with Crippen molar-refractivity contribution in [2.45, 2.75) is 26.2 Å². The third-order valence-electron chi connectivity index (χ3n) is 1.84. The lowest BCUT2D eigenvalue weighted by atomic mass is 10.1. The van der Waals surface area contributed by atoms with Gasteiger partial charge in [0.15, 0.2) is 0 Å².